The van der Waals surface area contributed by atoms with Crippen molar-refractivity contribution < 1.29 is 0 Å². The molecule has 1 aliphatic carbocycles. The molecule has 0 N–H and O–H groups in total. The molecule has 2 rings (SSSR count). The number of rotatable bonds is 2. The summed E-state index contributed by atoms with van der Waals surface area (Å²) in [5.74, 6) is 1.80. The first-order valence-corrected chi connectivity index (χ1v) is 5.80. The molecule has 1 aromatic rings. The predicted molar refractivity (Wildman–Crippen MR) is 58.0 cm³/mol. The molecule has 1 heterocycles. The van der Waals surface area contributed by atoms with Crippen LogP contribution in [-0.4, -0.2) is 9.55 Å². The van der Waals surface area contributed by atoms with Crippen LogP contribution in [0.1, 0.15) is 39.0 Å². The van der Waals surface area contributed by atoms with Crippen molar-refractivity contribution in [3.05, 3.63) is 18.7 Å². The van der Waals surface area contributed by atoms with Crippen LogP contribution in [0.15, 0.2) is 18.7 Å². The van der Waals surface area contributed by atoms with Gasteiger partial charge >= 0.3 is 0 Å². The summed E-state index contributed by atoms with van der Waals surface area (Å²) in [4.78, 5) is 4.09. The molecular weight excluding hydrogens is 172 g/mol. The van der Waals surface area contributed by atoms with Crippen molar-refractivity contribution in [3.8, 4) is 0 Å². The first kappa shape index (κ1) is 9.75. The minimum atomic E-state index is 0.877. The van der Waals surface area contributed by atoms with Gasteiger partial charge in [-0.1, -0.05) is 26.2 Å². The summed E-state index contributed by atoms with van der Waals surface area (Å²) in [7, 11) is 0. The highest BCUT2D eigenvalue weighted by atomic mass is 15.0. The standard InChI is InChI=1S/C12H20N2/c1-11-4-2-3-5-12(8-11)9-14-7-6-13-10-14/h6-7,10-12H,2-5,8-9H2,1H3. The van der Waals surface area contributed by atoms with E-state index in [0.29, 0.717) is 0 Å². The van der Waals surface area contributed by atoms with Crippen molar-refractivity contribution in [1.82, 2.24) is 9.55 Å². The zero-order valence-corrected chi connectivity index (χ0v) is 9.02. The topological polar surface area (TPSA) is 17.8 Å². The normalized spacial score (nSPS) is 28.6. The fourth-order valence-electron chi connectivity index (χ4n) is 2.59. The van der Waals surface area contributed by atoms with Crippen LogP contribution in [0, 0.1) is 11.8 Å². The number of aromatic nitrogens is 2. The highest BCUT2D eigenvalue weighted by Crippen LogP contribution is 2.28. The molecule has 0 aromatic carbocycles. The van der Waals surface area contributed by atoms with Gasteiger partial charge in [0.15, 0.2) is 0 Å². The lowest BCUT2D eigenvalue weighted by Crippen LogP contribution is -2.11. The zero-order chi connectivity index (χ0) is 9.80. The van der Waals surface area contributed by atoms with E-state index in [-0.39, 0.29) is 0 Å². The van der Waals surface area contributed by atoms with Gasteiger partial charge in [-0.3, -0.25) is 0 Å². The van der Waals surface area contributed by atoms with Crippen LogP contribution in [0.25, 0.3) is 0 Å². The van der Waals surface area contributed by atoms with Crippen molar-refractivity contribution >= 4 is 0 Å². The lowest BCUT2D eigenvalue weighted by atomic mass is 9.94. The molecule has 2 atom stereocenters. The predicted octanol–water partition coefficient (Wildman–Crippen LogP) is 3.10. The van der Waals surface area contributed by atoms with Crippen molar-refractivity contribution in [3.63, 3.8) is 0 Å². The van der Waals surface area contributed by atoms with E-state index >= 15 is 0 Å². The van der Waals surface area contributed by atoms with E-state index in [0.717, 1.165) is 11.8 Å². The average molecular weight is 192 g/mol. The lowest BCUT2D eigenvalue weighted by molar-refractivity contribution is 0.352. The fraction of sp³-hybridized carbons (Fsp3) is 0.750. The van der Waals surface area contributed by atoms with Gasteiger partial charge in [0.2, 0.25) is 0 Å². The Hall–Kier alpha value is -0.790. The van der Waals surface area contributed by atoms with E-state index in [1.807, 2.05) is 12.5 Å². The average Bonchev–Trinajstić information content (AvgIpc) is 2.56. The second-order valence-corrected chi connectivity index (χ2v) is 4.75. The molecule has 0 bridgehead atoms. The van der Waals surface area contributed by atoms with Crippen LogP contribution in [0.3, 0.4) is 0 Å². The van der Waals surface area contributed by atoms with Crippen LogP contribution in [0.4, 0.5) is 0 Å². The third-order valence-electron chi connectivity index (χ3n) is 3.32. The van der Waals surface area contributed by atoms with Crippen LogP contribution in [-0.2, 0) is 6.54 Å². The molecule has 1 fully saturated rings. The third-order valence-corrected chi connectivity index (χ3v) is 3.32. The Labute approximate surface area is 86.3 Å². The van der Waals surface area contributed by atoms with E-state index < -0.39 is 0 Å². The zero-order valence-electron chi connectivity index (χ0n) is 9.02. The summed E-state index contributed by atoms with van der Waals surface area (Å²) in [5.41, 5.74) is 0. The molecule has 1 saturated carbocycles. The summed E-state index contributed by atoms with van der Waals surface area (Å²) >= 11 is 0. The largest absolute Gasteiger partial charge is 0.337 e. The summed E-state index contributed by atoms with van der Waals surface area (Å²) in [6, 6.07) is 0. The molecular formula is C12H20N2. The first-order chi connectivity index (χ1) is 6.84. The van der Waals surface area contributed by atoms with Gasteiger partial charge in [-0.25, -0.2) is 4.98 Å². The Morgan fingerprint density at radius 3 is 3.00 bits per heavy atom. The second-order valence-electron chi connectivity index (χ2n) is 4.75. The summed E-state index contributed by atoms with van der Waals surface area (Å²) < 4.78 is 2.22. The maximum Gasteiger partial charge on any atom is 0.0945 e. The summed E-state index contributed by atoms with van der Waals surface area (Å²) in [6.07, 6.45) is 13.0. The van der Waals surface area contributed by atoms with Gasteiger partial charge in [0.05, 0.1) is 6.33 Å². The summed E-state index contributed by atoms with van der Waals surface area (Å²) in [5, 5.41) is 0. The molecule has 2 heteroatoms. The highest BCUT2D eigenvalue weighted by Gasteiger charge is 2.17. The molecule has 78 valence electrons. The molecule has 2 unspecified atom stereocenters. The maximum absolute atomic E-state index is 4.09. The monoisotopic (exact) mass is 192 g/mol. The maximum atomic E-state index is 4.09. The third kappa shape index (κ3) is 2.60. The SMILES string of the molecule is CC1CCCCC(Cn2ccnc2)C1. The second kappa shape index (κ2) is 4.63. The van der Waals surface area contributed by atoms with Crippen molar-refractivity contribution in [2.75, 3.05) is 0 Å². The van der Waals surface area contributed by atoms with E-state index in [1.54, 1.807) is 0 Å². The van der Waals surface area contributed by atoms with Gasteiger partial charge in [-0.15, -0.1) is 0 Å². The molecule has 1 aliphatic rings. The van der Waals surface area contributed by atoms with E-state index in [4.69, 9.17) is 0 Å². The Kier molecular flexibility index (Phi) is 3.22. The van der Waals surface area contributed by atoms with Crippen LogP contribution in [0.2, 0.25) is 0 Å². The van der Waals surface area contributed by atoms with Gasteiger partial charge in [-0.2, -0.15) is 0 Å². The van der Waals surface area contributed by atoms with Gasteiger partial charge in [0.25, 0.3) is 0 Å². The highest BCUT2D eigenvalue weighted by molar-refractivity contribution is 4.77. The van der Waals surface area contributed by atoms with Gasteiger partial charge in [0, 0.05) is 18.9 Å². The number of imidazole rings is 1. The molecule has 2 nitrogen and oxygen atoms in total. The van der Waals surface area contributed by atoms with Crippen LogP contribution >= 0.6 is 0 Å². The number of hydrogen-bond donors (Lipinski definition) is 0. The molecule has 1 aromatic heterocycles. The van der Waals surface area contributed by atoms with Gasteiger partial charge < -0.3 is 4.57 Å². The van der Waals surface area contributed by atoms with E-state index in [1.165, 1.54) is 38.6 Å². The number of nitrogens with zero attached hydrogens (tertiary/aromatic N) is 2. The molecule has 14 heavy (non-hydrogen) atoms. The van der Waals surface area contributed by atoms with Gasteiger partial charge in [-0.05, 0) is 24.7 Å². The Morgan fingerprint density at radius 1 is 1.36 bits per heavy atom. The molecule has 0 saturated heterocycles. The number of hydrogen-bond acceptors (Lipinski definition) is 1. The summed E-state index contributed by atoms with van der Waals surface area (Å²) in [6.45, 7) is 3.57. The first-order valence-electron chi connectivity index (χ1n) is 5.80. The van der Waals surface area contributed by atoms with Crippen molar-refractivity contribution in [2.24, 2.45) is 11.8 Å². The molecule has 0 spiro atoms. The van der Waals surface area contributed by atoms with Crippen molar-refractivity contribution in [2.45, 2.75) is 45.6 Å². The minimum absolute atomic E-state index is 0.877. The van der Waals surface area contributed by atoms with Crippen LogP contribution < -0.4 is 0 Å². The van der Waals surface area contributed by atoms with E-state index in [2.05, 4.69) is 22.7 Å². The Bertz CT molecular complexity index is 253. The molecule has 0 aliphatic heterocycles. The molecule has 0 amide bonds. The van der Waals surface area contributed by atoms with Crippen molar-refractivity contribution in [1.29, 1.82) is 0 Å². The lowest BCUT2D eigenvalue weighted by Gasteiger charge is -2.17. The van der Waals surface area contributed by atoms with E-state index in [9.17, 15) is 0 Å². The Balaban J connectivity index is 1.90. The Morgan fingerprint density at radius 2 is 2.21 bits per heavy atom. The minimum Gasteiger partial charge on any atom is -0.337 e. The van der Waals surface area contributed by atoms with Crippen LogP contribution in [0.5, 0.6) is 0 Å². The molecule has 0 radical (unpaired) electrons. The van der Waals surface area contributed by atoms with Gasteiger partial charge in [0.1, 0.15) is 0 Å². The quantitative estimate of drug-likeness (QED) is 0.658. The smallest absolute Gasteiger partial charge is 0.0945 e. The fourth-order valence-corrected chi connectivity index (χ4v) is 2.59.